The Balaban J connectivity index is 1.48. The van der Waals surface area contributed by atoms with E-state index in [1.54, 1.807) is 17.0 Å². The van der Waals surface area contributed by atoms with E-state index in [9.17, 15) is 9.18 Å². The SMILES string of the molecule is CN(C)c1ccc(N2C(=O)/C(=C\c3cccc(OCc4ccc(F)cc4)c3)SC2=S)cc1. The van der Waals surface area contributed by atoms with Crippen LogP contribution in [0.5, 0.6) is 5.75 Å². The largest absolute Gasteiger partial charge is 0.489 e. The first-order valence-corrected chi connectivity index (χ1v) is 11.2. The predicted molar refractivity (Wildman–Crippen MR) is 134 cm³/mol. The van der Waals surface area contributed by atoms with Crippen LogP contribution in [0.2, 0.25) is 0 Å². The van der Waals surface area contributed by atoms with Gasteiger partial charge in [-0.15, -0.1) is 0 Å². The van der Waals surface area contributed by atoms with E-state index < -0.39 is 0 Å². The van der Waals surface area contributed by atoms with Gasteiger partial charge >= 0.3 is 0 Å². The van der Waals surface area contributed by atoms with E-state index in [2.05, 4.69) is 0 Å². The number of carbonyl (C=O) groups excluding carboxylic acids is 1. The molecule has 0 spiro atoms. The molecule has 1 aliphatic rings. The van der Waals surface area contributed by atoms with Crippen LogP contribution in [0, 0.1) is 5.82 Å². The van der Waals surface area contributed by atoms with Gasteiger partial charge in [0.2, 0.25) is 0 Å². The monoisotopic (exact) mass is 464 g/mol. The molecule has 4 rings (SSSR count). The molecule has 0 saturated carbocycles. The highest BCUT2D eigenvalue weighted by molar-refractivity contribution is 8.27. The number of benzene rings is 3. The summed E-state index contributed by atoms with van der Waals surface area (Å²) in [5.74, 6) is 0.245. The molecule has 1 heterocycles. The first-order valence-electron chi connectivity index (χ1n) is 9.93. The molecule has 0 aromatic heterocycles. The fourth-order valence-corrected chi connectivity index (χ4v) is 4.48. The van der Waals surface area contributed by atoms with Crippen LogP contribution in [-0.2, 0) is 11.4 Å². The molecule has 3 aromatic rings. The van der Waals surface area contributed by atoms with Crippen molar-refractivity contribution in [3.63, 3.8) is 0 Å². The Morgan fingerprint density at radius 1 is 1.06 bits per heavy atom. The molecule has 4 nitrogen and oxygen atoms in total. The summed E-state index contributed by atoms with van der Waals surface area (Å²) < 4.78 is 19.4. The van der Waals surface area contributed by atoms with E-state index in [-0.39, 0.29) is 11.7 Å². The summed E-state index contributed by atoms with van der Waals surface area (Å²) in [4.78, 5) is 17.2. The topological polar surface area (TPSA) is 32.8 Å². The minimum atomic E-state index is -0.276. The number of hydrogen-bond donors (Lipinski definition) is 0. The molecule has 0 N–H and O–H groups in total. The molecule has 7 heteroatoms. The van der Waals surface area contributed by atoms with E-state index in [0.29, 0.717) is 21.6 Å². The summed E-state index contributed by atoms with van der Waals surface area (Å²) in [5, 5.41) is 0. The minimum Gasteiger partial charge on any atom is -0.489 e. The van der Waals surface area contributed by atoms with Crippen molar-refractivity contribution in [2.75, 3.05) is 23.9 Å². The second-order valence-electron chi connectivity index (χ2n) is 7.42. The summed E-state index contributed by atoms with van der Waals surface area (Å²) in [7, 11) is 3.93. The summed E-state index contributed by atoms with van der Waals surface area (Å²) in [6, 6.07) is 21.4. The smallest absolute Gasteiger partial charge is 0.270 e. The third-order valence-corrected chi connectivity index (χ3v) is 6.19. The molecule has 0 atom stereocenters. The summed E-state index contributed by atoms with van der Waals surface area (Å²) in [5.41, 5.74) is 3.51. The van der Waals surface area contributed by atoms with E-state index in [1.165, 1.54) is 23.9 Å². The van der Waals surface area contributed by atoms with Crippen molar-refractivity contribution < 1.29 is 13.9 Å². The van der Waals surface area contributed by atoms with Gasteiger partial charge in [0.05, 0.1) is 10.6 Å². The van der Waals surface area contributed by atoms with Crippen LogP contribution in [0.1, 0.15) is 11.1 Å². The molecule has 162 valence electrons. The molecule has 0 bridgehead atoms. The van der Waals surface area contributed by atoms with E-state index in [4.69, 9.17) is 17.0 Å². The Morgan fingerprint density at radius 2 is 1.78 bits per heavy atom. The van der Waals surface area contributed by atoms with Gasteiger partial charge in [0.1, 0.15) is 18.2 Å². The van der Waals surface area contributed by atoms with Crippen LogP contribution in [0.3, 0.4) is 0 Å². The molecule has 1 aliphatic heterocycles. The standard InChI is InChI=1S/C25H21FN2O2S2/c1-27(2)20-10-12-21(13-11-20)28-24(29)23(32-25(28)31)15-18-4-3-5-22(14-18)30-16-17-6-8-19(26)9-7-17/h3-15H,16H2,1-2H3/b23-15+. The van der Waals surface area contributed by atoms with Crippen molar-refractivity contribution in [3.8, 4) is 5.75 Å². The highest BCUT2D eigenvalue weighted by Gasteiger charge is 2.33. The van der Waals surface area contributed by atoms with Gasteiger partial charge in [-0.1, -0.05) is 48.2 Å². The van der Waals surface area contributed by atoms with Gasteiger partial charge in [-0.05, 0) is 65.7 Å². The van der Waals surface area contributed by atoms with Crippen LogP contribution < -0.4 is 14.5 Å². The number of thiocarbonyl (C=S) groups is 1. The number of carbonyl (C=O) groups is 1. The number of halogens is 1. The Morgan fingerprint density at radius 3 is 2.47 bits per heavy atom. The molecule has 1 saturated heterocycles. The second kappa shape index (κ2) is 9.54. The highest BCUT2D eigenvalue weighted by Crippen LogP contribution is 2.36. The lowest BCUT2D eigenvalue weighted by atomic mass is 10.2. The van der Waals surface area contributed by atoms with Crippen LogP contribution in [0.15, 0.2) is 77.7 Å². The van der Waals surface area contributed by atoms with E-state index in [0.717, 1.165) is 22.5 Å². The number of nitrogens with zero attached hydrogens (tertiary/aromatic N) is 2. The van der Waals surface area contributed by atoms with Crippen molar-refractivity contribution >= 4 is 51.7 Å². The third-order valence-electron chi connectivity index (χ3n) is 4.89. The van der Waals surface area contributed by atoms with Gasteiger partial charge in [0.25, 0.3) is 5.91 Å². The van der Waals surface area contributed by atoms with Crippen LogP contribution >= 0.6 is 24.0 Å². The van der Waals surface area contributed by atoms with Gasteiger partial charge in [0.15, 0.2) is 4.32 Å². The molecule has 0 unspecified atom stereocenters. The minimum absolute atomic E-state index is 0.143. The zero-order chi connectivity index (χ0) is 22.7. The highest BCUT2D eigenvalue weighted by atomic mass is 32.2. The summed E-state index contributed by atoms with van der Waals surface area (Å²) in [6.45, 7) is 0.328. The van der Waals surface area contributed by atoms with Crippen molar-refractivity contribution in [2.24, 2.45) is 0 Å². The number of anilines is 2. The Bertz CT molecular complexity index is 1180. The maximum absolute atomic E-state index is 13.0. The fraction of sp³-hybridized carbons (Fsp3) is 0.120. The first-order chi connectivity index (χ1) is 15.4. The Hall–Kier alpha value is -3.16. The maximum Gasteiger partial charge on any atom is 0.270 e. The molecule has 0 radical (unpaired) electrons. The van der Waals surface area contributed by atoms with Crippen LogP contribution in [-0.4, -0.2) is 24.3 Å². The van der Waals surface area contributed by atoms with Gasteiger partial charge in [-0.25, -0.2) is 4.39 Å². The van der Waals surface area contributed by atoms with Crippen molar-refractivity contribution in [2.45, 2.75) is 6.61 Å². The molecule has 32 heavy (non-hydrogen) atoms. The molecule has 1 amide bonds. The quantitative estimate of drug-likeness (QED) is 0.336. The average Bonchev–Trinajstić information content (AvgIpc) is 3.06. The normalized spacial score (nSPS) is 14.8. The van der Waals surface area contributed by atoms with Crippen molar-refractivity contribution in [1.82, 2.24) is 0 Å². The van der Waals surface area contributed by atoms with Crippen LogP contribution in [0.25, 0.3) is 6.08 Å². The van der Waals surface area contributed by atoms with E-state index in [1.807, 2.05) is 73.6 Å². The lowest BCUT2D eigenvalue weighted by Crippen LogP contribution is -2.27. The van der Waals surface area contributed by atoms with Gasteiger partial charge < -0.3 is 9.64 Å². The van der Waals surface area contributed by atoms with Gasteiger partial charge in [-0.3, -0.25) is 9.69 Å². The Labute approximate surface area is 196 Å². The second-order valence-corrected chi connectivity index (χ2v) is 9.09. The maximum atomic E-state index is 13.0. The third kappa shape index (κ3) is 5.00. The zero-order valence-corrected chi connectivity index (χ0v) is 19.3. The lowest BCUT2D eigenvalue weighted by molar-refractivity contribution is -0.113. The molecule has 1 fully saturated rings. The molecule has 0 aliphatic carbocycles. The molecule has 3 aromatic carbocycles. The zero-order valence-electron chi connectivity index (χ0n) is 17.6. The first kappa shape index (κ1) is 22.0. The number of rotatable bonds is 6. The van der Waals surface area contributed by atoms with Crippen molar-refractivity contribution in [3.05, 3.63) is 94.6 Å². The predicted octanol–water partition coefficient (Wildman–Crippen LogP) is 5.88. The van der Waals surface area contributed by atoms with Crippen LogP contribution in [0.4, 0.5) is 15.8 Å². The molecular formula is C25H21FN2O2S2. The average molecular weight is 465 g/mol. The summed E-state index contributed by atoms with van der Waals surface area (Å²) >= 11 is 6.75. The van der Waals surface area contributed by atoms with E-state index >= 15 is 0 Å². The fourth-order valence-electron chi connectivity index (χ4n) is 3.18. The number of ether oxygens (including phenoxy) is 1. The van der Waals surface area contributed by atoms with Crippen molar-refractivity contribution in [1.29, 1.82) is 0 Å². The summed E-state index contributed by atoms with van der Waals surface area (Å²) in [6.07, 6.45) is 1.82. The van der Waals surface area contributed by atoms with Gasteiger partial charge in [0, 0.05) is 19.8 Å². The number of hydrogen-bond acceptors (Lipinski definition) is 5. The number of amides is 1. The lowest BCUT2D eigenvalue weighted by Gasteiger charge is -2.17. The Kier molecular flexibility index (Phi) is 6.58. The number of thioether (sulfide) groups is 1. The molecular weight excluding hydrogens is 443 g/mol. The van der Waals surface area contributed by atoms with Gasteiger partial charge in [-0.2, -0.15) is 0 Å².